The van der Waals surface area contributed by atoms with Gasteiger partial charge in [0.05, 0.1) is 5.41 Å². The van der Waals surface area contributed by atoms with Gasteiger partial charge in [0.15, 0.2) is 22.8 Å². The summed E-state index contributed by atoms with van der Waals surface area (Å²) in [5, 5.41) is 11.9. The Morgan fingerprint density at radius 3 is 1.95 bits per heavy atom. The first-order chi connectivity index (χ1) is 18.5. The van der Waals surface area contributed by atoms with Gasteiger partial charge in [-0.2, -0.15) is 0 Å². The lowest BCUT2D eigenvalue weighted by Gasteiger charge is -2.61. The Kier molecular flexibility index (Phi) is 11.0. The first-order valence-corrected chi connectivity index (χ1v) is 15.1. The van der Waals surface area contributed by atoms with E-state index in [-0.39, 0.29) is 54.0 Å². The number of allylic oxidation sites excluding steroid dienone is 10. The second-order valence-corrected chi connectivity index (χ2v) is 14.0. The van der Waals surface area contributed by atoms with Crippen LogP contribution in [0.4, 0.5) is 0 Å². The van der Waals surface area contributed by atoms with Crippen LogP contribution in [0.5, 0.6) is 0 Å². The van der Waals surface area contributed by atoms with Crippen molar-refractivity contribution in [3.8, 4) is 0 Å². The van der Waals surface area contributed by atoms with E-state index in [9.17, 15) is 14.7 Å². The molecular weight excluding hydrogens is 496 g/mol. The van der Waals surface area contributed by atoms with E-state index in [2.05, 4.69) is 12.2 Å². The van der Waals surface area contributed by atoms with Crippen LogP contribution in [0, 0.1) is 28.1 Å². The predicted octanol–water partition coefficient (Wildman–Crippen LogP) is 9.38. The van der Waals surface area contributed by atoms with Crippen molar-refractivity contribution in [1.82, 2.24) is 0 Å². The molecule has 40 heavy (non-hydrogen) atoms. The Hall–Kier alpha value is -2.49. The molecule has 2 rings (SSSR count). The molecule has 4 atom stereocenters. The molecule has 1 N–H and O–H groups in total. The van der Waals surface area contributed by atoms with Gasteiger partial charge < -0.3 is 5.11 Å². The molecule has 2 aliphatic carbocycles. The van der Waals surface area contributed by atoms with Gasteiger partial charge >= 0.3 is 0 Å². The van der Waals surface area contributed by atoms with Gasteiger partial charge in [0, 0.05) is 12.0 Å². The molecule has 0 radical (unpaired) electrons. The molecule has 0 aromatic rings. The van der Waals surface area contributed by atoms with Gasteiger partial charge in [0.2, 0.25) is 0 Å². The molecule has 0 saturated heterocycles. The Morgan fingerprint density at radius 2 is 1.45 bits per heavy atom. The molecule has 222 valence electrons. The zero-order chi connectivity index (χ0) is 30.6. The second kappa shape index (κ2) is 13.0. The maximum Gasteiger partial charge on any atom is 0.184 e. The highest BCUT2D eigenvalue weighted by molar-refractivity contribution is 6.33. The number of carbonyl (C=O) groups excluding carboxylic acids is 3. The van der Waals surface area contributed by atoms with Crippen molar-refractivity contribution < 1.29 is 19.5 Å². The maximum atomic E-state index is 15.1. The summed E-state index contributed by atoms with van der Waals surface area (Å²) in [6.45, 7) is 22.0. The molecule has 4 heteroatoms. The Balaban J connectivity index is 3.09. The smallest absolute Gasteiger partial charge is 0.184 e. The average Bonchev–Trinajstić information content (AvgIpc) is 2.81. The van der Waals surface area contributed by atoms with Gasteiger partial charge in [-0.15, -0.1) is 0 Å². The molecule has 0 aliphatic heterocycles. The zero-order valence-electron chi connectivity index (χ0n) is 27.1. The van der Waals surface area contributed by atoms with E-state index < -0.39 is 22.0 Å². The third-order valence-corrected chi connectivity index (χ3v) is 9.09. The van der Waals surface area contributed by atoms with Crippen LogP contribution in [0.3, 0.4) is 0 Å². The highest BCUT2D eigenvalue weighted by Crippen LogP contribution is 2.67. The van der Waals surface area contributed by atoms with Crippen molar-refractivity contribution in [3.63, 3.8) is 0 Å². The number of aliphatic hydroxyl groups is 1. The molecular formula is C36H54O4. The van der Waals surface area contributed by atoms with Gasteiger partial charge in [-0.1, -0.05) is 67.4 Å². The van der Waals surface area contributed by atoms with Crippen LogP contribution >= 0.6 is 0 Å². The molecule has 0 aromatic heterocycles. The summed E-state index contributed by atoms with van der Waals surface area (Å²) >= 11 is 0. The number of aliphatic hydroxyl groups excluding tert-OH is 1. The molecule has 2 bridgehead atoms. The lowest BCUT2D eigenvalue weighted by Crippen LogP contribution is -2.70. The third kappa shape index (κ3) is 6.21. The highest BCUT2D eigenvalue weighted by Gasteiger charge is 2.75. The molecule has 0 aromatic carbocycles. The first-order valence-electron chi connectivity index (χ1n) is 15.1. The molecule has 1 saturated carbocycles. The van der Waals surface area contributed by atoms with Gasteiger partial charge in [0.1, 0.15) is 5.76 Å². The number of rotatable bonds is 12. The lowest BCUT2D eigenvalue weighted by molar-refractivity contribution is -0.179. The summed E-state index contributed by atoms with van der Waals surface area (Å²) in [6.07, 6.45) is 11.2. The quantitative estimate of drug-likeness (QED) is 0.194. The number of hydrogen-bond donors (Lipinski definition) is 1. The van der Waals surface area contributed by atoms with Crippen LogP contribution in [0.25, 0.3) is 0 Å². The highest BCUT2D eigenvalue weighted by atomic mass is 16.3. The predicted molar refractivity (Wildman–Crippen MR) is 166 cm³/mol. The van der Waals surface area contributed by atoms with E-state index in [0.29, 0.717) is 25.7 Å². The van der Waals surface area contributed by atoms with Crippen molar-refractivity contribution in [2.45, 2.75) is 121 Å². The van der Waals surface area contributed by atoms with Crippen LogP contribution < -0.4 is 0 Å². The first kappa shape index (κ1) is 33.7. The second-order valence-electron chi connectivity index (χ2n) is 14.0. The lowest BCUT2D eigenvalue weighted by atomic mass is 9.38. The molecule has 0 amide bonds. The van der Waals surface area contributed by atoms with Gasteiger partial charge in [-0.25, -0.2) is 0 Å². The van der Waals surface area contributed by atoms with Crippen molar-refractivity contribution in [1.29, 1.82) is 0 Å². The van der Waals surface area contributed by atoms with Crippen molar-refractivity contribution >= 4 is 17.3 Å². The van der Waals surface area contributed by atoms with E-state index in [0.717, 1.165) is 16.7 Å². The third-order valence-electron chi connectivity index (χ3n) is 9.09. The summed E-state index contributed by atoms with van der Waals surface area (Å²) in [5.41, 5.74) is 0.619. The van der Waals surface area contributed by atoms with Gasteiger partial charge in [-0.05, 0) is 111 Å². The normalized spacial score (nSPS) is 27.9. The molecule has 0 heterocycles. The number of carbonyl (C=O) groups is 3. The molecule has 4 nitrogen and oxygen atoms in total. The van der Waals surface area contributed by atoms with Crippen molar-refractivity contribution in [3.05, 3.63) is 57.9 Å². The van der Waals surface area contributed by atoms with Crippen LogP contribution in [-0.4, -0.2) is 22.5 Å². The number of hydrogen-bond acceptors (Lipinski definition) is 4. The number of Topliss-reactive ketones (excluding diaryl/α,β-unsaturated/α-hetero) is 3. The molecule has 0 spiro atoms. The summed E-state index contributed by atoms with van der Waals surface area (Å²) in [4.78, 5) is 44.6. The van der Waals surface area contributed by atoms with E-state index in [1.54, 1.807) is 0 Å². The topological polar surface area (TPSA) is 71.4 Å². The maximum absolute atomic E-state index is 15.1. The zero-order valence-corrected chi connectivity index (χ0v) is 27.1. The minimum atomic E-state index is -1.82. The largest absolute Gasteiger partial charge is 0.511 e. The fraction of sp³-hybridized carbons (Fsp3) is 0.639. The fourth-order valence-corrected chi connectivity index (χ4v) is 6.87. The molecule has 1 fully saturated rings. The Morgan fingerprint density at radius 1 is 0.900 bits per heavy atom. The molecule has 2 aliphatic rings. The van der Waals surface area contributed by atoms with Crippen molar-refractivity contribution in [2.24, 2.45) is 28.1 Å². The van der Waals surface area contributed by atoms with Gasteiger partial charge in [0.25, 0.3) is 0 Å². The van der Waals surface area contributed by atoms with Crippen molar-refractivity contribution in [2.75, 3.05) is 0 Å². The molecule has 0 unspecified atom stereocenters. The van der Waals surface area contributed by atoms with E-state index in [4.69, 9.17) is 0 Å². The van der Waals surface area contributed by atoms with Gasteiger partial charge in [-0.3, -0.25) is 14.4 Å². The SMILES string of the molecule is CC(C)=CCC[C@]1(C)[C@@H](CC=C(C)C)C[C@@]2(CC=C(C)C)C(=O)[C@]1(C(=O)CC(C)C)C(=O)C(CC=C(C)C)=C2O. The average molecular weight is 551 g/mol. The monoisotopic (exact) mass is 550 g/mol. The summed E-state index contributed by atoms with van der Waals surface area (Å²) in [7, 11) is 0. The van der Waals surface area contributed by atoms with E-state index in [1.165, 1.54) is 5.57 Å². The van der Waals surface area contributed by atoms with Crippen LogP contribution in [-0.2, 0) is 14.4 Å². The van der Waals surface area contributed by atoms with Crippen LogP contribution in [0.15, 0.2) is 57.9 Å². The number of ketones is 3. The summed E-state index contributed by atoms with van der Waals surface area (Å²) in [6, 6.07) is 0. The van der Waals surface area contributed by atoms with Crippen LogP contribution in [0.2, 0.25) is 0 Å². The standard InChI is InChI=1S/C36H54O4/c1-23(2)13-12-19-34(11)28(16-14-24(3)4)22-35(20-18-26(7)8)31(38)29(17-15-25(5)6)32(39)36(34,33(35)40)30(37)21-27(9)10/h13-15,18,27-28,38H,12,16-17,19-22H2,1-11H3/t28-,34+,35+,36-/m0/s1. The summed E-state index contributed by atoms with van der Waals surface area (Å²) in [5.74, 6) is -1.37. The fourth-order valence-electron chi connectivity index (χ4n) is 6.87. The van der Waals surface area contributed by atoms with E-state index in [1.807, 2.05) is 88.3 Å². The minimum absolute atomic E-state index is 0.00409. The summed E-state index contributed by atoms with van der Waals surface area (Å²) < 4.78 is 0. The minimum Gasteiger partial charge on any atom is -0.511 e. The number of fused-ring (bicyclic) bond motifs is 2. The Bertz CT molecular complexity index is 1160. The van der Waals surface area contributed by atoms with E-state index >= 15 is 4.79 Å². The Labute approximate surface area is 243 Å². The van der Waals surface area contributed by atoms with Crippen LogP contribution in [0.1, 0.15) is 121 Å².